The fourth-order valence-electron chi connectivity index (χ4n) is 3.44. The Kier molecular flexibility index (Phi) is 7.65. The number of thiazole rings is 1. The van der Waals surface area contributed by atoms with Crippen LogP contribution >= 0.6 is 23.3 Å². The molecule has 0 radical (unpaired) electrons. The van der Waals surface area contributed by atoms with Crippen LogP contribution in [0.1, 0.15) is 10.4 Å². The third-order valence-corrected chi connectivity index (χ3v) is 6.56. The molecule has 2 amide bonds. The maximum absolute atomic E-state index is 12.3. The lowest BCUT2D eigenvalue weighted by Crippen LogP contribution is -2.44. The van der Waals surface area contributed by atoms with E-state index in [9.17, 15) is 14.7 Å². The first-order chi connectivity index (χ1) is 16.1. The van der Waals surface area contributed by atoms with E-state index in [1.165, 1.54) is 23.3 Å². The summed E-state index contributed by atoms with van der Waals surface area (Å²) < 4.78 is 7.34. The monoisotopic (exact) mass is 487 g/mol. The predicted octanol–water partition coefficient (Wildman–Crippen LogP) is 2.30. The van der Waals surface area contributed by atoms with Crippen LogP contribution in [0.3, 0.4) is 0 Å². The number of nitrogens with zero attached hydrogens (tertiary/aromatic N) is 3. The number of hydrogen-bond donors (Lipinski definition) is 3. The van der Waals surface area contributed by atoms with Crippen LogP contribution in [0.15, 0.2) is 48.1 Å². The molecule has 1 saturated heterocycles. The predicted molar refractivity (Wildman–Crippen MR) is 131 cm³/mol. The number of anilines is 2. The van der Waals surface area contributed by atoms with Gasteiger partial charge in [0.25, 0.3) is 5.91 Å². The average Bonchev–Trinajstić information content (AvgIpc) is 3.52. The van der Waals surface area contributed by atoms with Crippen LogP contribution in [0.2, 0.25) is 0 Å². The summed E-state index contributed by atoms with van der Waals surface area (Å²) in [5, 5.41) is 17.1. The van der Waals surface area contributed by atoms with Gasteiger partial charge in [0, 0.05) is 48.4 Å². The molecular weight excluding hydrogens is 462 g/mol. The fourth-order valence-corrected chi connectivity index (χ4v) is 4.58. The van der Waals surface area contributed by atoms with Gasteiger partial charge in [0.2, 0.25) is 5.91 Å². The summed E-state index contributed by atoms with van der Waals surface area (Å²) in [5.74, 6) is -0.646. The molecule has 2 aromatic heterocycles. The van der Waals surface area contributed by atoms with Crippen LogP contribution in [0.4, 0.5) is 10.8 Å². The lowest BCUT2D eigenvalue weighted by atomic mass is 10.1. The molecule has 0 saturated carbocycles. The van der Waals surface area contributed by atoms with Gasteiger partial charge in [-0.2, -0.15) is 0 Å². The summed E-state index contributed by atoms with van der Waals surface area (Å²) >= 11 is 2.80. The summed E-state index contributed by atoms with van der Waals surface area (Å²) in [4.78, 5) is 31.1. The standard InChI is InChI=1S/C22H25N5O4S2/c1-32-27-6-5-16(11-27)21(30)23-10-20(29)25-22-24-19(14-33-22)15-3-2-4-17(9-15)26-7-8-31-18(12-26)13-28/h2-6,9,11,14,18,28H,7-8,10,12-13H2,1H3,(H,23,30)(H,24,25,29)/t18-/m1/s1. The summed E-state index contributed by atoms with van der Waals surface area (Å²) in [5.41, 5.74) is 3.22. The van der Waals surface area contributed by atoms with Gasteiger partial charge in [0.05, 0.1) is 37.1 Å². The highest BCUT2D eigenvalue weighted by atomic mass is 32.2. The van der Waals surface area contributed by atoms with Gasteiger partial charge in [-0.15, -0.1) is 11.3 Å². The Labute approximate surface area is 199 Å². The number of carbonyl (C=O) groups is 2. The molecule has 3 N–H and O–H groups in total. The molecule has 33 heavy (non-hydrogen) atoms. The Balaban J connectivity index is 1.34. The molecule has 11 heteroatoms. The summed E-state index contributed by atoms with van der Waals surface area (Å²) in [6.07, 6.45) is 5.22. The molecule has 4 rings (SSSR count). The molecule has 0 unspecified atom stereocenters. The molecule has 1 aliphatic heterocycles. The Morgan fingerprint density at radius 1 is 1.36 bits per heavy atom. The van der Waals surface area contributed by atoms with Crippen molar-refractivity contribution in [1.29, 1.82) is 0 Å². The number of aliphatic hydroxyl groups is 1. The van der Waals surface area contributed by atoms with Crippen molar-refractivity contribution in [3.05, 3.63) is 53.7 Å². The first-order valence-corrected chi connectivity index (χ1v) is 12.5. The minimum atomic E-state index is -0.342. The van der Waals surface area contributed by atoms with E-state index in [1.807, 2.05) is 39.9 Å². The van der Waals surface area contributed by atoms with Gasteiger partial charge in [-0.05, 0) is 30.1 Å². The molecule has 9 nitrogen and oxygen atoms in total. The van der Waals surface area contributed by atoms with Crippen LogP contribution in [0.25, 0.3) is 11.3 Å². The first kappa shape index (κ1) is 23.3. The molecule has 3 heterocycles. The number of hydrogen-bond acceptors (Lipinski definition) is 8. The lowest BCUT2D eigenvalue weighted by Gasteiger charge is -2.33. The van der Waals surface area contributed by atoms with E-state index in [0.29, 0.717) is 23.8 Å². The van der Waals surface area contributed by atoms with E-state index in [1.54, 1.807) is 18.5 Å². The number of morpholine rings is 1. The number of nitrogens with one attached hydrogen (secondary N) is 2. The van der Waals surface area contributed by atoms with Crippen LogP contribution < -0.4 is 15.5 Å². The van der Waals surface area contributed by atoms with Gasteiger partial charge in [-0.1, -0.05) is 12.1 Å². The maximum Gasteiger partial charge on any atom is 0.253 e. The Morgan fingerprint density at radius 2 is 2.24 bits per heavy atom. The molecule has 0 spiro atoms. The van der Waals surface area contributed by atoms with Crippen molar-refractivity contribution in [2.75, 3.05) is 49.3 Å². The summed E-state index contributed by atoms with van der Waals surface area (Å²) in [6, 6.07) is 9.70. The largest absolute Gasteiger partial charge is 0.394 e. The molecule has 1 aromatic carbocycles. The van der Waals surface area contributed by atoms with Crippen molar-refractivity contribution in [3.63, 3.8) is 0 Å². The molecule has 1 aliphatic rings. The van der Waals surface area contributed by atoms with E-state index < -0.39 is 0 Å². The van der Waals surface area contributed by atoms with E-state index >= 15 is 0 Å². The minimum Gasteiger partial charge on any atom is -0.394 e. The molecule has 0 bridgehead atoms. The number of amides is 2. The third kappa shape index (κ3) is 5.93. The smallest absolute Gasteiger partial charge is 0.253 e. The maximum atomic E-state index is 12.3. The van der Waals surface area contributed by atoms with Gasteiger partial charge >= 0.3 is 0 Å². The van der Waals surface area contributed by atoms with Gasteiger partial charge in [-0.3, -0.25) is 13.6 Å². The average molecular weight is 488 g/mol. The molecule has 1 atom stereocenters. The van der Waals surface area contributed by atoms with Gasteiger partial charge in [-0.25, -0.2) is 4.98 Å². The second-order valence-electron chi connectivity index (χ2n) is 7.38. The highest BCUT2D eigenvalue weighted by molar-refractivity contribution is 7.97. The van der Waals surface area contributed by atoms with Crippen molar-refractivity contribution in [1.82, 2.24) is 14.3 Å². The van der Waals surface area contributed by atoms with Crippen molar-refractivity contribution in [3.8, 4) is 11.3 Å². The number of aliphatic hydroxyl groups excluding tert-OH is 1. The second-order valence-corrected chi connectivity index (χ2v) is 9.03. The molecule has 1 fully saturated rings. The topological polar surface area (TPSA) is 109 Å². The normalized spacial score (nSPS) is 15.9. The van der Waals surface area contributed by atoms with Crippen molar-refractivity contribution in [2.24, 2.45) is 0 Å². The second kappa shape index (κ2) is 10.8. The van der Waals surface area contributed by atoms with Crippen molar-refractivity contribution in [2.45, 2.75) is 6.10 Å². The summed E-state index contributed by atoms with van der Waals surface area (Å²) in [6.45, 7) is 1.81. The zero-order valence-electron chi connectivity index (χ0n) is 18.1. The Bertz CT molecular complexity index is 1120. The van der Waals surface area contributed by atoms with E-state index in [4.69, 9.17) is 4.74 Å². The van der Waals surface area contributed by atoms with E-state index in [0.717, 1.165) is 23.5 Å². The van der Waals surface area contributed by atoms with Crippen molar-refractivity contribution < 1.29 is 19.4 Å². The quantitative estimate of drug-likeness (QED) is 0.447. The van der Waals surface area contributed by atoms with Crippen LogP contribution in [0, 0.1) is 0 Å². The van der Waals surface area contributed by atoms with Gasteiger partial charge < -0.3 is 25.4 Å². The van der Waals surface area contributed by atoms with Crippen LogP contribution in [-0.4, -0.2) is 71.1 Å². The summed E-state index contributed by atoms with van der Waals surface area (Å²) in [7, 11) is 0. The molecule has 0 aliphatic carbocycles. The fraction of sp³-hybridized carbons (Fsp3) is 0.318. The minimum absolute atomic E-state index is 0.00363. The molecule has 3 aromatic rings. The highest BCUT2D eigenvalue weighted by Gasteiger charge is 2.20. The number of aromatic nitrogens is 2. The number of rotatable bonds is 8. The number of ether oxygens (including phenoxy) is 1. The Morgan fingerprint density at radius 3 is 3.03 bits per heavy atom. The lowest BCUT2D eigenvalue weighted by molar-refractivity contribution is -0.115. The number of benzene rings is 1. The van der Waals surface area contributed by atoms with Crippen LogP contribution in [0.5, 0.6) is 0 Å². The highest BCUT2D eigenvalue weighted by Crippen LogP contribution is 2.28. The SMILES string of the molecule is CSn1ccc(C(=O)NCC(=O)Nc2nc(-c3cccc(N4CCO[C@@H](CO)C4)c3)cs2)c1. The molecule has 174 valence electrons. The zero-order chi connectivity index (χ0) is 23.2. The van der Waals surface area contributed by atoms with Crippen LogP contribution in [-0.2, 0) is 9.53 Å². The van der Waals surface area contributed by atoms with E-state index in [-0.39, 0.29) is 31.1 Å². The van der Waals surface area contributed by atoms with Gasteiger partial charge in [0.1, 0.15) is 0 Å². The number of carbonyl (C=O) groups excluding carboxylic acids is 2. The zero-order valence-corrected chi connectivity index (χ0v) is 19.7. The third-order valence-electron chi connectivity index (χ3n) is 5.15. The van der Waals surface area contributed by atoms with Gasteiger partial charge in [0.15, 0.2) is 5.13 Å². The van der Waals surface area contributed by atoms with E-state index in [2.05, 4.69) is 20.5 Å². The first-order valence-electron chi connectivity index (χ1n) is 10.4. The molecular formula is C22H25N5O4S2. The Hall–Kier alpha value is -2.86. The van der Waals surface area contributed by atoms with Crippen molar-refractivity contribution >= 4 is 45.9 Å².